The number of rotatable bonds is 6. The minimum absolute atomic E-state index is 0.0110. The number of carbonyl (C=O) groups excluding carboxylic acids is 1. The fraction of sp³-hybridized carbons (Fsp3) is 0.0417. The third-order valence-electron chi connectivity index (χ3n) is 4.24. The zero-order valence-corrected chi connectivity index (χ0v) is 19.8. The van der Waals surface area contributed by atoms with E-state index in [2.05, 4.69) is 49.9 Å². The number of nitriles is 2. The van der Waals surface area contributed by atoms with Crippen LogP contribution in [0, 0.1) is 26.2 Å². The Kier molecular flexibility index (Phi) is 7.82. The molecule has 0 bridgehead atoms. The monoisotopic (exact) mass is 583 g/mol. The van der Waals surface area contributed by atoms with Crippen LogP contribution >= 0.6 is 38.5 Å². The van der Waals surface area contributed by atoms with Crippen molar-refractivity contribution in [3.63, 3.8) is 0 Å². The first-order valence-corrected chi connectivity index (χ1v) is 11.0. The number of nitrogens with one attached hydrogen (secondary N) is 1. The summed E-state index contributed by atoms with van der Waals surface area (Å²) in [5, 5.41) is 21.4. The predicted octanol–water partition coefficient (Wildman–Crippen LogP) is 6.05. The molecule has 0 atom stereocenters. The summed E-state index contributed by atoms with van der Waals surface area (Å²) >= 11 is 5.64. The molecular weight excluding hydrogens is 569 g/mol. The Balaban J connectivity index is 1.79. The van der Waals surface area contributed by atoms with Crippen LogP contribution in [0.3, 0.4) is 0 Å². The van der Waals surface area contributed by atoms with Gasteiger partial charge in [0.1, 0.15) is 24.0 Å². The van der Waals surface area contributed by atoms with E-state index in [1.54, 1.807) is 36.4 Å². The Hall–Kier alpha value is -3.14. The quantitative estimate of drug-likeness (QED) is 0.217. The van der Waals surface area contributed by atoms with Crippen LogP contribution in [0.25, 0.3) is 6.08 Å². The van der Waals surface area contributed by atoms with Crippen LogP contribution < -0.4 is 10.1 Å². The molecule has 0 heterocycles. The topological polar surface area (TPSA) is 85.9 Å². The molecule has 3 rings (SSSR count). The highest BCUT2D eigenvalue weighted by Crippen LogP contribution is 2.33. The largest absolute Gasteiger partial charge is 0.487 e. The summed E-state index contributed by atoms with van der Waals surface area (Å²) in [5.41, 5.74) is 2.65. The van der Waals surface area contributed by atoms with E-state index in [0.29, 0.717) is 27.0 Å². The maximum absolute atomic E-state index is 12.4. The summed E-state index contributed by atoms with van der Waals surface area (Å²) in [6.45, 7) is 0.246. The zero-order chi connectivity index (χ0) is 22.2. The summed E-state index contributed by atoms with van der Waals surface area (Å²) in [6, 6.07) is 23.9. The van der Waals surface area contributed by atoms with Gasteiger partial charge in [0, 0.05) is 11.3 Å². The first-order valence-electron chi connectivity index (χ1n) is 9.10. The van der Waals surface area contributed by atoms with Crippen LogP contribution in [0.1, 0.15) is 16.7 Å². The standard InChI is InChI=1S/C24H15BrIN3O2/c25-21-11-16(10-19(14-28)24(30)29-20-8-2-1-3-9-20)12-22(26)23(21)31-15-18-7-5-4-6-17(18)13-27/h1-12H,15H2,(H,29,30)/b19-10-. The molecule has 1 amide bonds. The Bertz CT molecular complexity index is 1200. The number of hydrogen-bond donors (Lipinski definition) is 1. The molecule has 3 aromatic rings. The van der Waals surface area contributed by atoms with Gasteiger partial charge < -0.3 is 10.1 Å². The summed E-state index contributed by atoms with van der Waals surface area (Å²) in [7, 11) is 0. The highest BCUT2D eigenvalue weighted by molar-refractivity contribution is 14.1. The van der Waals surface area contributed by atoms with Gasteiger partial charge in [-0.3, -0.25) is 4.79 Å². The van der Waals surface area contributed by atoms with Crippen molar-refractivity contribution in [2.45, 2.75) is 6.61 Å². The van der Waals surface area contributed by atoms with Gasteiger partial charge in [0.05, 0.1) is 19.7 Å². The Morgan fingerprint density at radius 2 is 1.81 bits per heavy atom. The average Bonchev–Trinajstić information content (AvgIpc) is 2.77. The third-order valence-corrected chi connectivity index (χ3v) is 5.63. The lowest BCUT2D eigenvalue weighted by Crippen LogP contribution is -2.13. The van der Waals surface area contributed by atoms with E-state index in [-0.39, 0.29) is 12.2 Å². The molecule has 152 valence electrons. The van der Waals surface area contributed by atoms with E-state index in [1.807, 2.05) is 36.4 Å². The molecule has 0 fully saturated rings. The highest BCUT2D eigenvalue weighted by Gasteiger charge is 2.13. The number of anilines is 1. The molecule has 0 saturated heterocycles. The Morgan fingerprint density at radius 3 is 2.48 bits per heavy atom. The maximum atomic E-state index is 12.4. The number of halogens is 2. The molecule has 1 N–H and O–H groups in total. The van der Waals surface area contributed by atoms with Crippen LogP contribution in [0.15, 0.2) is 76.8 Å². The van der Waals surface area contributed by atoms with Crippen molar-refractivity contribution in [3.8, 4) is 17.9 Å². The molecule has 0 saturated carbocycles. The van der Waals surface area contributed by atoms with Crippen molar-refractivity contribution in [2.24, 2.45) is 0 Å². The number of carbonyl (C=O) groups is 1. The van der Waals surface area contributed by atoms with Crippen molar-refractivity contribution in [3.05, 3.63) is 97.0 Å². The summed E-state index contributed by atoms with van der Waals surface area (Å²) in [4.78, 5) is 12.4. The summed E-state index contributed by atoms with van der Waals surface area (Å²) in [6.07, 6.45) is 1.53. The van der Waals surface area contributed by atoms with E-state index >= 15 is 0 Å². The maximum Gasteiger partial charge on any atom is 0.266 e. The molecule has 7 heteroatoms. The lowest BCUT2D eigenvalue weighted by Gasteiger charge is -2.12. The normalized spacial score (nSPS) is 10.6. The number of benzene rings is 3. The Labute approximate surface area is 202 Å². The van der Waals surface area contributed by atoms with Crippen LogP contribution in [-0.2, 0) is 11.4 Å². The van der Waals surface area contributed by atoms with Crippen LogP contribution in [0.5, 0.6) is 5.75 Å². The van der Waals surface area contributed by atoms with E-state index in [1.165, 1.54) is 6.08 Å². The molecule has 31 heavy (non-hydrogen) atoms. The van der Waals surface area contributed by atoms with Gasteiger partial charge in [-0.15, -0.1) is 0 Å². The van der Waals surface area contributed by atoms with Crippen LogP contribution in [0.2, 0.25) is 0 Å². The first kappa shape index (κ1) is 22.5. The number of nitrogens with zero attached hydrogens (tertiary/aromatic N) is 2. The van der Waals surface area contributed by atoms with Gasteiger partial charge in [0.25, 0.3) is 5.91 Å². The molecule has 5 nitrogen and oxygen atoms in total. The SMILES string of the molecule is N#C/C(=C/c1cc(Br)c(OCc2ccccc2C#N)c(I)c1)C(=O)Nc1ccccc1. The second-order valence-corrected chi connectivity index (χ2v) is 8.38. The van der Waals surface area contributed by atoms with Crippen molar-refractivity contribution < 1.29 is 9.53 Å². The molecule has 0 radical (unpaired) electrons. The number of ether oxygens (including phenoxy) is 1. The summed E-state index contributed by atoms with van der Waals surface area (Å²) in [5.74, 6) is 0.144. The van der Waals surface area contributed by atoms with Crippen molar-refractivity contribution in [1.29, 1.82) is 10.5 Å². The minimum Gasteiger partial charge on any atom is -0.487 e. The van der Waals surface area contributed by atoms with E-state index in [4.69, 9.17) is 4.74 Å². The molecule has 0 unspecified atom stereocenters. The molecular formula is C24H15BrIN3O2. The van der Waals surface area contributed by atoms with Gasteiger partial charge in [0.2, 0.25) is 0 Å². The number of para-hydroxylation sites is 1. The van der Waals surface area contributed by atoms with Gasteiger partial charge in [-0.2, -0.15) is 10.5 Å². The van der Waals surface area contributed by atoms with Gasteiger partial charge in [-0.05, 0) is 80.5 Å². The van der Waals surface area contributed by atoms with Crippen molar-refractivity contribution >= 4 is 56.2 Å². The zero-order valence-electron chi connectivity index (χ0n) is 16.1. The molecule has 0 aliphatic rings. The number of amides is 1. The molecule has 0 spiro atoms. The summed E-state index contributed by atoms with van der Waals surface area (Å²) < 4.78 is 7.42. The van der Waals surface area contributed by atoms with E-state index in [0.717, 1.165) is 9.13 Å². The average molecular weight is 584 g/mol. The number of hydrogen-bond acceptors (Lipinski definition) is 4. The van der Waals surface area contributed by atoms with Crippen LogP contribution in [0.4, 0.5) is 5.69 Å². The van der Waals surface area contributed by atoms with Crippen LogP contribution in [-0.4, -0.2) is 5.91 Å². The van der Waals surface area contributed by atoms with Gasteiger partial charge in [0.15, 0.2) is 0 Å². The third kappa shape index (κ3) is 5.94. The van der Waals surface area contributed by atoms with Crippen molar-refractivity contribution in [2.75, 3.05) is 5.32 Å². The second-order valence-electron chi connectivity index (χ2n) is 6.36. The highest BCUT2D eigenvalue weighted by atomic mass is 127. The Morgan fingerprint density at radius 1 is 1.10 bits per heavy atom. The van der Waals surface area contributed by atoms with E-state index < -0.39 is 5.91 Å². The van der Waals surface area contributed by atoms with Gasteiger partial charge in [-0.25, -0.2) is 0 Å². The minimum atomic E-state index is -0.478. The fourth-order valence-corrected chi connectivity index (χ4v) is 4.51. The van der Waals surface area contributed by atoms with Crippen molar-refractivity contribution in [1.82, 2.24) is 0 Å². The predicted molar refractivity (Wildman–Crippen MR) is 131 cm³/mol. The molecule has 3 aromatic carbocycles. The van der Waals surface area contributed by atoms with Gasteiger partial charge >= 0.3 is 0 Å². The van der Waals surface area contributed by atoms with Gasteiger partial charge in [-0.1, -0.05) is 36.4 Å². The first-order chi connectivity index (χ1) is 15.0. The lowest BCUT2D eigenvalue weighted by molar-refractivity contribution is -0.112. The second kappa shape index (κ2) is 10.8. The van der Waals surface area contributed by atoms with E-state index in [9.17, 15) is 15.3 Å². The fourth-order valence-electron chi connectivity index (χ4n) is 2.74. The molecule has 0 aromatic heterocycles. The lowest BCUT2D eigenvalue weighted by atomic mass is 10.1. The molecule has 0 aliphatic carbocycles. The molecule has 0 aliphatic heterocycles. The smallest absolute Gasteiger partial charge is 0.266 e.